The summed E-state index contributed by atoms with van der Waals surface area (Å²) in [5.41, 5.74) is -0.0395. The van der Waals surface area contributed by atoms with Crippen molar-refractivity contribution in [2.75, 3.05) is 13.1 Å². The number of benzene rings is 1. The predicted molar refractivity (Wildman–Crippen MR) is 58.2 cm³/mol. The maximum Gasteiger partial charge on any atom is 0.254 e. The molecule has 0 aromatic heterocycles. The molecule has 5 heteroatoms. The SMILES string of the molecule is CCN(CCC#N)C(=O)c1cc(F)cc(F)c1. The zero-order chi connectivity index (χ0) is 12.8. The van der Waals surface area contributed by atoms with Gasteiger partial charge in [-0.25, -0.2) is 8.78 Å². The molecular weight excluding hydrogens is 226 g/mol. The van der Waals surface area contributed by atoms with E-state index in [-0.39, 0.29) is 18.5 Å². The largest absolute Gasteiger partial charge is 0.338 e. The number of hydrogen-bond acceptors (Lipinski definition) is 2. The number of carbonyl (C=O) groups excluding carboxylic acids is 1. The molecule has 0 saturated heterocycles. The average Bonchev–Trinajstić information content (AvgIpc) is 2.28. The Labute approximate surface area is 98.3 Å². The minimum Gasteiger partial charge on any atom is -0.338 e. The molecule has 1 aromatic carbocycles. The van der Waals surface area contributed by atoms with Gasteiger partial charge in [-0.3, -0.25) is 4.79 Å². The summed E-state index contributed by atoms with van der Waals surface area (Å²) in [4.78, 5) is 13.2. The zero-order valence-corrected chi connectivity index (χ0v) is 9.41. The van der Waals surface area contributed by atoms with E-state index in [1.54, 1.807) is 6.92 Å². The molecule has 1 aromatic rings. The maximum absolute atomic E-state index is 12.9. The molecule has 0 N–H and O–H groups in total. The lowest BCUT2D eigenvalue weighted by atomic mass is 10.2. The van der Waals surface area contributed by atoms with E-state index in [1.807, 2.05) is 6.07 Å². The lowest BCUT2D eigenvalue weighted by Crippen LogP contribution is -2.31. The summed E-state index contributed by atoms with van der Waals surface area (Å²) >= 11 is 0. The van der Waals surface area contributed by atoms with Crippen LogP contribution in [0.15, 0.2) is 18.2 Å². The molecule has 0 bridgehead atoms. The van der Waals surface area contributed by atoms with Gasteiger partial charge in [-0.2, -0.15) is 5.26 Å². The normalized spacial score (nSPS) is 9.76. The summed E-state index contributed by atoms with van der Waals surface area (Å²) in [5.74, 6) is -2.05. The van der Waals surface area contributed by atoms with Crippen LogP contribution in [0.25, 0.3) is 0 Å². The van der Waals surface area contributed by atoms with Crippen molar-refractivity contribution < 1.29 is 13.6 Å². The van der Waals surface area contributed by atoms with Gasteiger partial charge in [0.25, 0.3) is 5.91 Å². The first-order valence-corrected chi connectivity index (χ1v) is 5.20. The Morgan fingerprint density at radius 3 is 2.41 bits per heavy atom. The Kier molecular flexibility index (Phi) is 4.58. The van der Waals surface area contributed by atoms with Crippen molar-refractivity contribution in [3.05, 3.63) is 35.4 Å². The topological polar surface area (TPSA) is 44.1 Å². The molecule has 0 aliphatic carbocycles. The van der Waals surface area contributed by atoms with Crippen molar-refractivity contribution in [1.82, 2.24) is 4.90 Å². The molecule has 0 saturated carbocycles. The molecule has 0 atom stereocenters. The second-order valence-electron chi connectivity index (χ2n) is 3.45. The zero-order valence-electron chi connectivity index (χ0n) is 9.41. The molecular formula is C12H12F2N2O. The van der Waals surface area contributed by atoms with Crippen molar-refractivity contribution in [1.29, 1.82) is 5.26 Å². The van der Waals surface area contributed by atoms with Crippen molar-refractivity contribution in [2.24, 2.45) is 0 Å². The van der Waals surface area contributed by atoms with Crippen LogP contribution in [0.2, 0.25) is 0 Å². The van der Waals surface area contributed by atoms with E-state index in [0.29, 0.717) is 12.6 Å². The van der Waals surface area contributed by atoms with Crippen LogP contribution in [0.4, 0.5) is 8.78 Å². The molecule has 17 heavy (non-hydrogen) atoms. The van der Waals surface area contributed by atoms with Gasteiger partial charge in [-0.1, -0.05) is 0 Å². The van der Waals surface area contributed by atoms with Gasteiger partial charge >= 0.3 is 0 Å². The van der Waals surface area contributed by atoms with E-state index in [4.69, 9.17) is 5.26 Å². The molecule has 0 aliphatic heterocycles. The van der Waals surface area contributed by atoms with Gasteiger partial charge < -0.3 is 4.90 Å². The average molecular weight is 238 g/mol. The third-order valence-corrected chi connectivity index (χ3v) is 2.27. The van der Waals surface area contributed by atoms with Gasteiger partial charge in [0.1, 0.15) is 11.6 Å². The van der Waals surface area contributed by atoms with E-state index in [0.717, 1.165) is 12.1 Å². The minimum atomic E-state index is -0.787. The van der Waals surface area contributed by atoms with Gasteiger partial charge in [0.15, 0.2) is 0 Å². The molecule has 90 valence electrons. The van der Waals surface area contributed by atoms with Crippen molar-refractivity contribution in [2.45, 2.75) is 13.3 Å². The summed E-state index contributed by atoms with van der Waals surface area (Å²) in [5, 5.41) is 8.44. The smallest absolute Gasteiger partial charge is 0.254 e. The predicted octanol–water partition coefficient (Wildman–Crippen LogP) is 2.34. The number of nitriles is 1. The molecule has 1 amide bonds. The molecule has 0 spiro atoms. The van der Waals surface area contributed by atoms with Crippen LogP contribution in [0.3, 0.4) is 0 Å². The van der Waals surface area contributed by atoms with Crippen LogP contribution in [-0.2, 0) is 0 Å². The van der Waals surface area contributed by atoms with Gasteiger partial charge in [0.05, 0.1) is 12.5 Å². The first-order chi connectivity index (χ1) is 8.08. The van der Waals surface area contributed by atoms with Crippen LogP contribution < -0.4 is 0 Å². The van der Waals surface area contributed by atoms with Crippen LogP contribution >= 0.6 is 0 Å². The highest BCUT2D eigenvalue weighted by molar-refractivity contribution is 5.94. The fourth-order valence-electron chi connectivity index (χ4n) is 1.45. The van der Waals surface area contributed by atoms with Gasteiger partial charge in [-0.05, 0) is 19.1 Å². The number of rotatable bonds is 4. The second-order valence-corrected chi connectivity index (χ2v) is 3.45. The van der Waals surface area contributed by atoms with Crippen molar-refractivity contribution in [3.63, 3.8) is 0 Å². The highest BCUT2D eigenvalue weighted by Crippen LogP contribution is 2.11. The quantitative estimate of drug-likeness (QED) is 0.808. The lowest BCUT2D eigenvalue weighted by Gasteiger charge is -2.19. The molecule has 0 fully saturated rings. The fraction of sp³-hybridized carbons (Fsp3) is 0.333. The molecule has 0 heterocycles. The van der Waals surface area contributed by atoms with Crippen LogP contribution in [0.1, 0.15) is 23.7 Å². The lowest BCUT2D eigenvalue weighted by molar-refractivity contribution is 0.0766. The standard InChI is InChI=1S/C12H12F2N2O/c1-2-16(5-3-4-15)12(17)9-6-10(13)8-11(14)7-9/h6-8H,2-3,5H2,1H3. The number of carbonyl (C=O) groups is 1. The first-order valence-electron chi connectivity index (χ1n) is 5.20. The molecule has 0 radical (unpaired) electrons. The van der Waals surface area contributed by atoms with E-state index in [2.05, 4.69) is 0 Å². The minimum absolute atomic E-state index is 0.0395. The van der Waals surface area contributed by atoms with Crippen molar-refractivity contribution in [3.8, 4) is 6.07 Å². The Morgan fingerprint density at radius 1 is 1.35 bits per heavy atom. The van der Waals surface area contributed by atoms with Crippen LogP contribution in [0.5, 0.6) is 0 Å². The number of nitrogens with zero attached hydrogens (tertiary/aromatic N) is 2. The van der Waals surface area contributed by atoms with Gasteiger partial charge in [0.2, 0.25) is 0 Å². The highest BCUT2D eigenvalue weighted by atomic mass is 19.1. The van der Waals surface area contributed by atoms with Gasteiger partial charge in [0, 0.05) is 24.7 Å². The third-order valence-electron chi connectivity index (χ3n) is 2.27. The third kappa shape index (κ3) is 3.52. The van der Waals surface area contributed by atoms with E-state index in [1.165, 1.54) is 4.90 Å². The summed E-state index contributed by atoms with van der Waals surface area (Å²) in [6, 6.07) is 4.60. The Hall–Kier alpha value is -1.96. The first kappa shape index (κ1) is 13.1. The number of hydrogen-bond donors (Lipinski definition) is 0. The second kappa shape index (κ2) is 5.94. The number of amides is 1. The summed E-state index contributed by atoms with van der Waals surface area (Å²) in [7, 11) is 0. The Morgan fingerprint density at radius 2 is 1.94 bits per heavy atom. The fourth-order valence-corrected chi connectivity index (χ4v) is 1.45. The highest BCUT2D eigenvalue weighted by Gasteiger charge is 2.15. The molecule has 0 aliphatic rings. The maximum atomic E-state index is 12.9. The summed E-state index contributed by atoms with van der Waals surface area (Å²) in [6.45, 7) is 2.38. The van der Waals surface area contributed by atoms with Crippen LogP contribution in [0, 0.1) is 23.0 Å². The van der Waals surface area contributed by atoms with Crippen molar-refractivity contribution >= 4 is 5.91 Å². The van der Waals surface area contributed by atoms with E-state index >= 15 is 0 Å². The van der Waals surface area contributed by atoms with E-state index < -0.39 is 17.5 Å². The summed E-state index contributed by atoms with van der Waals surface area (Å²) in [6.07, 6.45) is 0.192. The Balaban J connectivity index is 2.90. The Bertz CT molecular complexity index is 434. The van der Waals surface area contributed by atoms with E-state index in [9.17, 15) is 13.6 Å². The van der Waals surface area contributed by atoms with Crippen LogP contribution in [-0.4, -0.2) is 23.9 Å². The van der Waals surface area contributed by atoms with Gasteiger partial charge in [-0.15, -0.1) is 0 Å². The monoisotopic (exact) mass is 238 g/mol. The molecule has 1 rings (SSSR count). The summed E-state index contributed by atoms with van der Waals surface area (Å²) < 4.78 is 25.9. The molecule has 0 unspecified atom stereocenters. The number of halogens is 2. The molecule has 3 nitrogen and oxygen atoms in total.